The molecule has 0 aromatic heterocycles. The van der Waals surface area contributed by atoms with Crippen molar-refractivity contribution in [2.75, 3.05) is 84.5 Å². The van der Waals surface area contributed by atoms with Crippen LogP contribution in [0.15, 0.2) is 146 Å². The third-order valence-electron chi connectivity index (χ3n) is 9.94. The highest BCUT2D eigenvalue weighted by atomic mass is 79.9. The van der Waals surface area contributed by atoms with Crippen LogP contribution in [0, 0.1) is 0 Å². The lowest BCUT2D eigenvalue weighted by atomic mass is 10.0. The van der Waals surface area contributed by atoms with Crippen molar-refractivity contribution in [1.82, 2.24) is 4.90 Å². The predicted octanol–water partition coefficient (Wildman–Crippen LogP) is 10.6. The van der Waals surface area contributed by atoms with Gasteiger partial charge in [-0.25, -0.2) is 0 Å². The molecule has 3 N–H and O–H groups in total. The van der Waals surface area contributed by atoms with Crippen molar-refractivity contribution < 1.29 is 53.4 Å². The third kappa shape index (κ3) is 20.2. The molecule has 15 heteroatoms. The predicted molar refractivity (Wildman–Crippen MR) is 281 cm³/mol. The van der Waals surface area contributed by atoms with E-state index in [4.69, 9.17) is 57.1 Å². The molecule has 6 rings (SSSR count). The van der Waals surface area contributed by atoms with Crippen LogP contribution in [0.2, 0.25) is 0 Å². The van der Waals surface area contributed by atoms with Crippen molar-refractivity contribution >= 4 is 56.5 Å². The van der Waals surface area contributed by atoms with Gasteiger partial charge in [0.1, 0.15) is 34.5 Å². The maximum Gasteiger partial charge on any atom is 0.196 e. The fraction of sp³-hybridized carbons (Fsp3) is 0.291. The molecular weight excluding hydrogens is 1000 g/mol. The summed E-state index contributed by atoms with van der Waals surface area (Å²) in [4.78, 5) is 39.4. The molecule has 12 nitrogen and oxygen atoms in total. The van der Waals surface area contributed by atoms with Gasteiger partial charge in [-0.15, -0.1) is 23.2 Å². The number of halogens is 3. The number of nitrogens with zero attached hydrogens (tertiary/aromatic N) is 1. The average Bonchev–Trinajstić information content (AvgIpc) is 3.40. The number of benzene rings is 6. The van der Waals surface area contributed by atoms with Crippen molar-refractivity contribution in [2.45, 2.75) is 19.3 Å². The zero-order valence-corrected chi connectivity index (χ0v) is 42.8. The van der Waals surface area contributed by atoms with E-state index < -0.39 is 0 Å². The van der Waals surface area contributed by atoms with Gasteiger partial charge in [-0.1, -0.05) is 107 Å². The highest BCUT2D eigenvalue weighted by Gasteiger charge is 2.18. The van der Waals surface area contributed by atoms with Gasteiger partial charge >= 0.3 is 0 Å². The van der Waals surface area contributed by atoms with Gasteiger partial charge in [-0.2, -0.15) is 0 Å². The lowest BCUT2D eigenvalue weighted by molar-refractivity contribution is 0.102. The first-order valence-corrected chi connectivity index (χ1v) is 24.7. The Labute approximate surface area is 429 Å². The van der Waals surface area contributed by atoms with Gasteiger partial charge in [-0.3, -0.25) is 19.3 Å². The van der Waals surface area contributed by atoms with E-state index in [-0.39, 0.29) is 41.9 Å². The number of phenols is 1. The summed E-state index contributed by atoms with van der Waals surface area (Å²) in [6.07, 6.45) is 2.50. The molecule has 70 heavy (non-hydrogen) atoms. The van der Waals surface area contributed by atoms with Crippen molar-refractivity contribution in [2.24, 2.45) is 0 Å². The molecule has 0 atom stereocenters. The minimum Gasteiger partial charge on any atom is -0.507 e. The molecule has 0 bridgehead atoms. The Kier molecular flexibility index (Phi) is 28.7. The highest BCUT2D eigenvalue weighted by Crippen LogP contribution is 2.29. The van der Waals surface area contributed by atoms with Gasteiger partial charge in [0.15, 0.2) is 17.3 Å². The minimum absolute atomic E-state index is 0.0481. The molecule has 0 fully saturated rings. The van der Waals surface area contributed by atoms with Crippen molar-refractivity contribution in [1.29, 1.82) is 0 Å². The Bertz CT molecular complexity index is 2420. The molecular formula is C55H62BrCl2NO11. The fourth-order valence-corrected chi connectivity index (χ4v) is 7.16. The maximum absolute atomic E-state index is 12.8. The van der Waals surface area contributed by atoms with E-state index in [2.05, 4.69) is 15.9 Å². The first-order chi connectivity index (χ1) is 34.1. The zero-order chi connectivity index (χ0) is 50.9. The second-order valence-corrected chi connectivity index (χ2v) is 16.4. The SMILES string of the molecule is COc1ccc(C(=O)c2ccccc2)c(O)c1.COc1ccc(C(=O)c2ccccc2)c(OCCCCl)c1.COc1ccc(C(=O)c2ccccc2)c(OCCCN(CCO)CCO)c1.ClCCCBr. The molecule has 0 aliphatic heterocycles. The van der Waals surface area contributed by atoms with E-state index >= 15 is 0 Å². The number of alkyl halides is 3. The Balaban J connectivity index is 0.000000270. The third-order valence-corrected chi connectivity index (χ3v) is 11.0. The number of ether oxygens (including phenoxy) is 5. The normalized spacial score (nSPS) is 10.2. The number of methoxy groups -OCH3 is 3. The second kappa shape index (κ2) is 34.4. The van der Waals surface area contributed by atoms with Crippen LogP contribution in [0.5, 0.6) is 34.5 Å². The van der Waals surface area contributed by atoms with Crippen LogP contribution in [0.1, 0.15) is 67.0 Å². The number of rotatable bonds is 24. The fourth-order valence-electron chi connectivity index (χ4n) is 6.31. The molecule has 6 aromatic carbocycles. The number of hydrogen-bond acceptors (Lipinski definition) is 12. The minimum atomic E-state index is -0.203. The first-order valence-electron chi connectivity index (χ1n) is 22.5. The highest BCUT2D eigenvalue weighted by molar-refractivity contribution is 9.09. The largest absolute Gasteiger partial charge is 0.507 e. The van der Waals surface area contributed by atoms with Crippen molar-refractivity contribution in [3.63, 3.8) is 0 Å². The summed E-state index contributed by atoms with van der Waals surface area (Å²) in [5.74, 6) is 3.65. The number of carbonyl (C=O) groups excluding carboxylic acids is 3. The smallest absolute Gasteiger partial charge is 0.196 e. The Morgan fingerprint density at radius 1 is 0.500 bits per heavy atom. The summed E-state index contributed by atoms with van der Waals surface area (Å²) in [5.41, 5.74) is 3.07. The van der Waals surface area contributed by atoms with Crippen LogP contribution in [0.4, 0.5) is 0 Å². The van der Waals surface area contributed by atoms with Gasteiger partial charge in [-0.05, 0) is 55.7 Å². The summed E-state index contributed by atoms with van der Waals surface area (Å²) in [6.45, 7) is 2.68. The van der Waals surface area contributed by atoms with Gasteiger partial charge in [0.2, 0.25) is 0 Å². The number of ketones is 3. The summed E-state index contributed by atoms with van der Waals surface area (Å²) in [7, 11) is 4.66. The number of carbonyl (C=O) groups is 3. The number of aliphatic hydroxyl groups is 2. The molecule has 6 aromatic rings. The molecule has 0 saturated carbocycles. The van der Waals surface area contributed by atoms with Gasteiger partial charge in [0.25, 0.3) is 0 Å². The van der Waals surface area contributed by atoms with Crippen LogP contribution in [-0.4, -0.2) is 122 Å². The lowest BCUT2D eigenvalue weighted by Crippen LogP contribution is -2.31. The topological polar surface area (TPSA) is 161 Å². The van der Waals surface area contributed by atoms with Crippen molar-refractivity contribution in [3.05, 3.63) is 179 Å². The molecule has 0 radical (unpaired) electrons. The van der Waals surface area contributed by atoms with Crippen LogP contribution in [0.3, 0.4) is 0 Å². The molecule has 0 unspecified atom stereocenters. The first kappa shape index (κ1) is 58.4. The molecule has 0 heterocycles. The van der Waals surface area contributed by atoms with Gasteiger partial charge in [0.05, 0.1) is 64.4 Å². The Morgan fingerprint density at radius 2 is 0.871 bits per heavy atom. The van der Waals surface area contributed by atoms with E-state index in [0.717, 1.165) is 24.1 Å². The summed E-state index contributed by atoms with van der Waals surface area (Å²) in [5, 5.41) is 28.9. The quantitative estimate of drug-likeness (QED) is 0.0299. The maximum atomic E-state index is 12.8. The molecule has 0 aliphatic carbocycles. The molecule has 0 aliphatic rings. The van der Waals surface area contributed by atoms with Gasteiger partial charge in [0, 0.05) is 71.6 Å². The number of aromatic hydroxyl groups is 1. The van der Waals surface area contributed by atoms with Crippen LogP contribution < -0.4 is 23.7 Å². The van der Waals surface area contributed by atoms with Crippen LogP contribution in [0.25, 0.3) is 0 Å². The van der Waals surface area contributed by atoms with Crippen molar-refractivity contribution in [3.8, 4) is 34.5 Å². The number of phenolic OH excluding ortho intramolecular Hbond substituents is 1. The molecule has 0 spiro atoms. The van der Waals surface area contributed by atoms with E-state index in [1.54, 1.807) is 111 Å². The number of aliphatic hydroxyl groups excluding tert-OH is 2. The summed E-state index contributed by atoms with van der Waals surface area (Å²) < 4.78 is 27.0. The number of hydrogen-bond donors (Lipinski definition) is 3. The van der Waals surface area contributed by atoms with Crippen LogP contribution in [-0.2, 0) is 0 Å². The van der Waals surface area contributed by atoms with E-state index in [1.807, 2.05) is 47.4 Å². The van der Waals surface area contributed by atoms with E-state index in [9.17, 15) is 19.5 Å². The van der Waals surface area contributed by atoms with E-state index in [0.29, 0.717) is 102 Å². The molecule has 374 valence electrons. The van der Waals surface area contributed by atoms with Gasteiger partial charge < -0.3 is 39.0 Å². The molecule has 0 amide bonds. The standard InChI is InChI=1S/C21H27NO5.C17H17ClO3.C14H12O3.C3H6BrCl/c1-26-18-8-9-19(21(25)17-6-3-2-4-7-17)20(16-18)27-15-5-10-22(11-13-23)12-14-24;1-20-14-8-9-15(16(12-14)21-11-5-10-18)17(19)13-6-3-2-4-7-13;1-17-11-7-8-12(13(15)9-11)14(16)10-5-3-2-4-6-10;4-2-1-3-5/h2-4,6-9,16,23-24H,5,10-15H2,1H3;2-4,6-9,12H,5,10-11H2,1H3;2-9,15H,1H3;1-3H2. The average molecular weight is 1060 g/mol. The summed E-state index contributed by atoms with van der Waals surface area (Å²) >= 11 is 14.1. The lowest BCUT2D eigenvalue weighted by Gasteiger charge is -2.20. The Morgan fingerprint density at radius 3 is 1.21 bits per heavy atom. The monoisotopic (exact) mass is 1060 g/mol. The zero-order valence-electron chi connectivity index (χ0n) is 39.7. The second-order valence-electron chi connectivity index (χ2n) is 14.8. The summed E-state index contributed by atoms with van der Waals surface area (Å²) in [6, 6.07) is 42.1. The van der Waals surface area contributed by atoms with Crippen LogP contribution >= 0.6 is 39.1 Å². The molecule has 0 saturated heterocycles. The van der Waals surface area contributed by atoms with E-state index in [1.165, 1.54) is 13.2 Å². The Hall–Kier alpha value is -5.93.